The van der Waals surface area contributed by atoms with Crippen LogP contribution in [-0.4, -0.2) is 16.1 Å². The molecule has 0 aliphatic carbocycles. The number of para-hydroxylation sites is 1. The lowest BCUT2D eigenvalue weighted by molar-refractivity contribution is 0.0699. The standard InChI is InChI=1S/C23H25NO2/c1-2-3-4-5-6-9-17-12-14-18(15-13-17)22-16-20(23(25)26)19-10-7-8-11-21(19)24-22/h7-8,10-16H,2-6,9H2,1H3,(H,25,26). The Kier molecular flexibility index (Phi) is 6.00. The fourth-order valence-electron chi connectivity index (χ4n) is 3.28. The Morgan fingerprint density at radius 2 is 1.69 bits per heavy atom. The maximum Gasteiger partial charge on any atom is 0.336 e. The number of aromatic carboxylic acids is 1. The number of hydrogen-bond donors (Lipinski definition) is 1. The minimum atomic E-state index is -0.923. The minimum absolute atomic E-state index is 0.297. The first kappa shape index (κ1) is 18.1. The zero-order chi connectivity index (χ0) is 18.4. The van der Waals surface area contributed by atoms with Crippen molar-refractivity contribution in [3.8, 4) is 11.3 Å². The second-order valence-electron chi connectivity index (χ2n) is 6.74. The summed E-state index contributed by atoms with van der Waals surface area (Å²) in [4.78, 5) is 16.3. The molecule has 1 aromatic heterocycles. The average molecular weight is 347 g/mol. The van der Waals surface area contributed by atoms with Gasteiger partial charge in [0.25, 0.3) is 0 Å². The van der Waals surface area contributed by atoms with Crippen molar-refractivity contribution >= 4 is 16.9 Å². The number of rotatable bonds is 8. The molecule has 3 aromatic rings. The Morgan fingerprint density at radius 3 is 2.42 bits per heavy atom. The van der Waals surface area contributed by atoms with Gasteiger partial charge in [0, 0.05) is 10.9 Å². The molecular formula is C23H25NO2. The lowest BCUT2D eigenvalue weighted by Crippen LogP contribution is -2.00. The fraction of sp³-hybridized carbons (Fsp3) is 0.304. The number of pyridine rings is 1. The predicted octanol–water partition coefficient (Wildman–Crippen LogP) is 6.11. The molecule has 3 heteroatoms. The number of benzene rings is 2. The van der Waals surface area contributed by atoms with Gasteiger partial charge in [0.1, 0.15) is 0 Å². The van der Waals surface area contributed by atoms with Gasteiger partial charge in [-0.15, -0.1) is 0 Å². The first-order chi connectivity index (χ1) is 12.7. The predicted molar refractivity (Wildman–Crippen MR) is 107 cm³/mol. The number of carbonyl (C=O) groups is 1. The number of carboxylic acid groups (broad SMARTS) is 1. The van der Waals surface area contributed by atoms with Crippen LogP contribution in [0.25, 0.3) is 22.2 Å². The summed E-state index contributed by atoms with van der Waals surface area (Å²) in [6.07, 6.45) is 7.49. The zero-order valence-electron chi connectivity index (χ0n) is 15.2. The number of aromatic nitrogens is 1. The van der Waals surface area contributed by atoms with Crippen molar-refractivity contribution in [1.29, 1.82) is 0 Å². The van der Waals surface area contributed by atoms with Crippen LogP contribution in [0.2, 0.25) is 0 Å². The van der Waals surface area contributed by atoms with E-state index in [1.54, 1.807) is 12.1 Å². The Balaban J connectivity index is 1.80. The van der Waals surface area contributed by atoms with Crippen molar-refractivity contribution < 1.29 is 9.90 Å². The van der Waals surface area contributed by atoms with E-state index >= 15 is 0 Å². The van der Waals surface area contributed by atoms with Crippen LogP contribution in [0.1, 0.15) is 54.9 Å². The Morgan fingerprint density at radius 1 is 0.962 bits per heavy atom. The van der Waals surface area contributed by atoms with Crippen LogP contribution in [0.5, 0.6) is 0 Å². The van der Waals surface area contributed by atoms with Gasteiger partial charge in [-0.1, -0.05) is 75.1 Å². The van der Waals surface area contributed by atoms with Crippen LogP contribution in [0.3, 0.4) is 0 Å². The molecule has 0 aliphatic heterocycles. The van der Waals surface area contributed by atoms with E-state index in [1.807, 2.05) is 30.3 Å². The van der Waals surface area contributed by atoms with Crippen LogP contribution < -0.4 is 0 Å². The van der Waals surface area contributed by atoms with Gasteiger partial charge in [0.05, 0.1) is 16.8 Å². The molecule has 3 nitrogen and oxygen atoms in total. The summed E-state index contributed by atoms with van der Waals surface area (Å²) < 4.78 is 0. The molecule has 0 saturated heterocycles. The third-order valence-corrected chi connectivity index (χ3v) is 4.77. The quantitative estimate of drug-likeness (QED) is 0.500. The number of carboxylic acids is 1. The smallest absolute Gasteiger partial charge is 0.336 e. The van der Waals surface area contributed by atoms with Crippen molar-refractivity contribution in [2.24, 2.45) is 0 Å². The molecule has 1 N–H and O–H groups in total. The topological polar surface area (TPSA) is 50.2 Å². The summed E-state index contributed by atoms with van der Waals surface area (Å²) in [5.74, 6) is -0.923. The van der Waals surface area contributed by atoms with Crippen LogP contribution in [0.4, 0.5) is 0 Å². The van der Waals surface area contributed by atoms with Gasteiger partial charge in [-0.05, 0) is 30.5 Å². The first-order valence-corrected chi connectivity index (χ1v) is 9.41. The van der Waals surface area contributed by atoms with Gasteiger partial charge in [-0.25, -0.2) is 9.78 Å². The van der Waals surface area contributed by atoms with Crippen molar-refractivity contribution in [2.75, 3.05) is 0 Å². The zero-order valence-corrected chi connectivity index (χ0v) is 15.2. The third kappa shape index (κ3) is 4.29. The Labute approximate surface area is 154 Å². The first-order valence-electron chi connectivity index (χ1n) is 9.41. The average Bonchev–Trinajstić information content (AvgIpc) is 2.67. The molecule has 134 valence electrons. The van der Waals surface area contributed by atoms with Gasteiger partial charge in [-0.2, -0.15) is 0 Å². The lowest BCUT2D eigenvalue weighted by atomic mass is 10.0. The molecule has 0 atom stereocenters. The minimum Gasteiger partial charge on any atom is -0.478 e. The summed E-state index contributed by atoms with van der Waals surface area (Å²) in [6.45, 7) is 2.23. The highest BCUT2D eigenvalue weighted by Gasteiger charge is 2.12. The van der Waals surface area contributed by atoms with Crippen LogP contribution in [0, 0.1) is 0 Å². The van der Waals surface area contributed by atoms with Gasteiger partial charge in [0.15, 0.2) is 0 Å². The van der Waals surface area contributed by atoms with E-state index in [0.29, 0.717) is 22.2 Å². The molecule has 26 heavy (non-hydrogen) atoms. The van der Waals surface area contributed by atoms with E-state index in [9.17, 15) is 9.90 Å². The molecule has 1 heterocycles. The summed E-state index contributed by atoms with van der Waals surface area (Å²) in [5.41, 5.74) is 3.99. The molecule has 2 aromatic carbocycles. The van der Waals surface area contributed by atoms with E-state index in [4.69, 9.17) is 0 Å². The summed E-state index contributed by atoms with van der Waals surface area (Å²) in [6, 6.07) is 17.4. The van der Waals surface area contributed by atoms with Crippen LogP contribution >= 0.6 is 0 Å². The number of aryl methyl sites for hydroxylation is 1. The summed E-state index contributed by atoms with van der Waals surface area (Å²) in [5, 5.41) is 10.2. The second kappa shape index (κ2) is 8.61. The molecule has 0 aliphatic rings. The molecule has 0 bridgehead atoms. The van der Waals surface area contributed by atoms with E-state index in [1.165, 1.54) is 37.7 Å². The third-order valence-electron chi connectivity index (χ3n) is 4.77. The van der Waals surface area contributed by atoms with E-state index in [0.717, 1.165) is 12.0 Å². The molecule has 3 rings (SSSR count). The second-order valence-corrected chi connectivity index (χ2v) is 6.74. The van der Waals surface area contributed by atoms with Crippen molar-refractivity contribution in [3.63, 3.8) is 0 Å². The molecule has 0 fully saturated rings. The maximum atomic E-state index is 11.6. The number of nitrogens with zero attached hydrogens (tertiary/aromatic N) is 1. The summed E-state index contributed by atoms with van der Waals surface area (Å²) >= 11 is 0. The normalized spacial score (nSPS) is 11.0. The fourth-order valence-corrected chi connectivity index (χ4v) is 3.28. The van der Waals surface area contributed by atoms with Crippen LogP contribution in [0.15, 0.2) is 54.6 Å². The monoisotopic (exact) mass is 347 g/mol. The Bertz CT molecular complexity index is 884. The van der Waals surface area contributed by atoms with E-state index in [-0.39, 0.29) is 0 Å². The molecule has 0 unspecified atom stereocenters. The Hall–Kier alpha value is -2.68. The van der Waals surface area contributed by atoms with Gasteiger partial charge < -0.3 is 5.11 Å². The van der Waals surface area contributed by atoms with Gasteiger partial charge in [-0.3, -0.25) is 0 Å². The van der Waals surface area contributed by atoms with Crippen molar-refractivity contribution in [3.05, 3.63) is 65.7 Å². The number of fused-ring (bicyclic) bond motifs is 1. The van der Waals surface area contributed by atoms with Crippen LogP contribution in [-0.2, 0) is 6.42 Å². The molecule has 0 spiro atoms. The van der Waals surface area contributed by atoms with E-state index < -0.39 is 5.97 Å². The highest BCUT2D eigenvalue weighted by molar-refractivity contribution is 6.03. The molecular weight excluding hydrogens is 322 g/mol. The van der Waals surface area contributed by atoms with Crippen molar-refractivity contribution in [1.82, 2.24) is 4.98 Å². The largest absolute Gasteiger partial charge is 0.478 e. The highest BCUT2D eigenvalue weighted by atomic mass is 16.4. The van der Waals surface area contributed by atoms with E-state index in [2.05, 4.69) is 24.0 Å². The SMILES string of the molecule is CCCCCCCc1ccc(-c2cc(C(=O)O)c3ccccc3n2)cc1. The maximum absolute atomic E-state index is 11.6. The number of hydrogen-bond acceptors (Lipinski definition) is 2. The molecule has 0 radical (unpaired) electrons. The summed E-state index contributed by atoms with van der Waals surface area (Å²) in [7, 11) is 0. The van der Waals surface area contributed by atoms with Gasteiger partial charge in [0.2, 0.25) is 0 Å². The lowest BCUT2D eigenvalue weighted by Gasteiger charge is -2.08. The van der Waals surface area contributed by atoms with Gasteiger partial charge >= 0.3 is 5.97 Å². The molecule has 0 amide bonds. The molecule has 0 saturated carbocycles. The number of unbranched alkanes of at least 4 members (excludes halogenated alkanes) is 4. The highest BCUT2D eigenvalue weighted by Crippen LogP contribution is 2.25. The van der Waals surface area contributed by atoms with Crippen molar-refractivity contribution in [2.45, 2.75) is 45.4 Å².